The van der Waals surface area contributed by atoms with Crippen LogP contribution >= 0.6 is 0 Å². The minimum absolute atomic E-state index is 0.370. The molecular formula is C17H29N. The van der Waals surface area contributed by atoms with E-state index >= 15 is 0 Å². The van der Waals surface area contributed by atoms with Crippen molar-refractivity contribution in [1.29, 1.82) is 0 Å². The average Bonchev–Trinajstić information content (AvgIpc) is 2.22. The van der Waals surface area contributed by atoms with Crippen molar-refractivity contribution in [3.8, 4) is 0 Å². The number of rotatable bonds is 4. The normalized spacial score (nSPS) is 15.5. The van der Waals surface area contributed by atoms with Crippen molar-refractivity contribution >= 4 is 0 Å². The van der Waals surface area contributed by atoms with Crippen LogP contribution in [0, 0.1) is 25.2 Å². The Morgan fingerprint density at radius 1 is 1.00 bits per heavy atom. The second-order valence-corrected chi connectivity index (χ2v) is 6.82. The van der Waals surface area contributed by atoms with E-state index < -0.39 is 0 Å². The lowest BCUT2D eigenvalue weighted by molar-refractivity contribution is 0.247. The smallest absolute Gasteiger partial charge is 0.0292 e. The molecule has 0 fully saturated rings. The molecule has 0 heterocycles. The summed E-state index contributed by atoms with van der Waals surface area (Å²) in [6.07, 6.45) is 0. The Bertz CT molecular complexity index is 367. The Balaban J connectivity index is 2.63. The molecule has 2 atom stereocenters. The van der Waals surface area contributed by atoms with Gasteiger partial charge in [-0.15, -0.1) is 0 Å². The highest BCUT2D eigenvalue weighted by Gasteiger charge is 2.20. The van der Waals surface area contributed by atoms with Crippen LogP contribution in [0.1, 0.15) is 57.4 Å². The first-order valence-corrected chi connectivity index (χ1v) is 7.01. The molecule has 1 heteroatoms. The summed E-state index contributed by atoms with van der Waals surface area (Å²) in [6, 6.07) is 7.22. The molecular weight excluding hydrogens is 218 g/mol. The third kappa shape index (κ3) is 4.45. The predicted octanol–water partition coefficient (Wildman–Crippen LogP) is 4.64. The highest BCUT2D eigenvalue weighted by atomic mass is 14.9. The summed E-state index contributed by atoms with van der Waals surface area (Å²) in [4.78, 5) is 0. The van der Waals surface area contributed by atoms with Crippen LogP contribution in [0.15, 0.2) is 18.2 Å². The highest BCUT2D eigenvalue weighted by molar-refractivity contribution is 5.30. The minimum Gasteiger partial charge on any atom is -0.310 e. The standard InChI is InChI=1S/C17H29N/c1-12-8-13(2)10-16(9-12)15(4)18-11-14(3)17(5,6)7/h8-10,14-15,18H,11H2,1-7H3. The molecule has 0 aliphatic carbocycles. The Hall–Kier alpha value is -0.820. The Labute approximate surface area is 113 Å². The van der Waals surface area contributed by atoms with Gasteiger partial charge in [-0.1, -0.05) is 57.0 Å². The zero-order valence-corrected chi connectivity index (χ0v) is 13.1. The van der Waals surface area contributed by atoms with E-state index in [-0.39, 0.29) is 0 Å². The summed E-state index contributed by atoms with van der Waals surface area (Å²) in [7, 11) is 0. The van der Waals surface area contributed by atoms with E-state index in [9.17, 15) is 0 Å². The molecule has 1 aromatic rings. The molecule has 0 aromatic heterocycles. The Morgan fingerprint density at radius 3 is 1.94 bits per heavy atom. The van der Waals surface area contributed by atoms with E-state index in [4.69, 9.17) is 0 Å². The van der Waals surface area contributed by atoms with Gasteiger partial charge in [0, 0.05) is 6.04 Å². The molecule has 0 saturated carbocycles. The summed E-state index contributed by atoms with van der Waals surface area (Å²) in [6.45, 7) is 16.9. The van der Waals surface area contributed by atoms with Crippen molar-refractivity contribution in [2.24, 2.45) is 11.3 Å². The van der Waals surface area contributed by atoms with Gasteiger partial charge in [-0.05, 0) is 44.2 Å². The first kappa shape index (κ1) is 15.2. The average molecular weight is 247 g/mol. The molecule has 0 bridgehead atoms. The summed E-state index contributed by atoms with van der Waals surface area (Å²) >= 11 is 0. The summed E-state index contributed by atoms with van der Waals surface area (Å²) < 4.78 is 0. The molecule has 0 aliphatic rings. The second kappa shape index (κ2) is 5.88. The van der Waals surface area contributed by atoms with E-state index in [0.29, 0.717) is 17.4 Å². The van der Waals surface area contributed by atoms with Gasteiger partial charge >= 0.3 is 0 Å². The first-order valence-electron chi connectivity index (χ1n) is 7.01. The van der Waals surface area contributed by atoms with Crippen molar-refractivity contribution in [2.75, 3.05) is 6.54 Å². The fraction of sp³-hybridized carbons (Fsp3) is 0.647. The van der Waals surface area contributed by atoms with E-state index in [1.807, 2.05) is 0 Å². The molecule has 1 aromatic carbocycles. The zero-order chi connectivity index (χ0) is 13.9. The van der Waals surface area contributed by atoms with Gasteiger partial charge in [-0.3, -0.25) is 0 Å². The van der Waals surface area contributed by atoms with E-state index in [0.717, 1.165) is 6.54 Å². The van der Waals surface area contributed by atoms with Crippen LogP contribution in [-0.2, 0) is 0 Å². The SMILES string of the molecule is Cc1cc(C)cc(C(C)NCC(C)C(C)(C)C)c1. The summed E-state index contributed by atoms with van der Waals surface area (Å²) in [5.74, 6) is 0.672. The van der Waals surface area contributed by atoms with E-state index in [1.54, 1.807) is 0 Å². The molecule has 0 amide bonds. The maximum atomic E-state index is 3.66. The molecule has 0 aliphatic heterocycles. The van der Waals surface area contributed by atoms with Crippen LogP contribution < -0.4 is 5.32 Å². The van der Waals surface area contributed by atoms with Crippen LogP contribution in [0.2, 0.25) is 0 Å². The molecule has 0 radical (unpaired) electrons. The van der Waals surface area contributed by atoms with E-state index in [2.05, 4.69) is 72.0 Å². The number of aryl methyl sites for hydroxylation is 2. The van der Waals surface area contributed by atoms with Gasteiger partial charge in [-0.25, -0.2) is 0 Å². The zero-order valence-electron chi connectivity index (χ0n) is 13.1. The quantitative estimate of drug-likeness (QED) is 0.817. The lowest BCUT2D eigenvalue weighted by Gasteiger charge is -2.29. The fourth-order valence-corrected chi connectivity index (χ4v) is 2.04. The number of benzene rings is 1. The van der Waals surface area contributed by atoms with Gasteiger partial charge in [0.1, 0.15) is 0 Å². The van der Waals surface area contributed by atoms with Crippen molar-refractivity contribution in [3.63, 3.8) is 0 Å². The van der Waals surface area contributed by atoms with Gasteiger partial charge in [0.05, 0.1) is 0 Å². The maximum Gasteiger partial charge on any atom is 0.0292 e. The molecule has 18 heavy (non-hydrogen) atoms. The number of hydrogen-bond donors (Lipinski definition) is 1. The van der Waals surface area contributed by atoms with Crippen molar-refractivity contribution in [3.05, 3.63) is 34.9 Å². The third-order valence-corrected chi connectivity index (χ3v) is 3.95. The van der Waals surface area contributed by atoms with Crippen molar-refractivity contribution < 1.29 is 0 Å². The maximum absolute atomic E-state index is 3.66. The van der Waals surface area contributed by atoms with Crippen molar-refractivity contribution in [2.45, 2.75) is 54.5 Å². The molecule has 1 nitrogen and oxygen atoms in total. The van der Waals surface area contributed by atoms with Crippen LogP contribution in [0.3, 0.4) is 0 Å². The monoisotopic (exact) mass is 247 g/mol. The molecule has 2 unspecified atom stereocenters. The molecule has 0 spiro atoms. The molecule has 0 saturated heterocycles. The van der Waals surface area contributed by atoms with E-state index in [1.165, 1.54) is 16.7 Å². The largest absolute Gasteiger partial charge is 0.310 e. The molecule has 1 rings (SSSR count). The van der Waals surface area contributed by atoms with Crippen LogP contribution in [0.4, 0.5) is 0 Å². The Morgan fingerprint density at radius 2 is 1.50 bits per heavy atom. The van der Waals surface area contributed by atoms with Gasteiger partial charge < -0.3 is 5.32 Å². The third-order valence-electron chi connectivity index (χ3n) is 3.95. The summed E-state index contributed by atoms with van der Waals surface area (Å²) in [5, 5.41) is 3.66. The summed E-state index contributed by atoms with van der Waals surface area (Å²) in [5.41, 5.74) is 4.47. The van der Waals surface area contributed by atoms with Crippen LogP contribution in [0.25, 0.3) is 0 Å². The van der Waals surface area contributed by atoms with Gasteiger partial charge in [0.25, 0.3) is 0 Å². The van der Waals surface area contributed by atoms with Crippen LogP contribution in [0.5, 0.6) is 0 Å². The Kier molecular flexibility index (Phi) is 4.98. The lowest BCUT2D eigenvalue weighted by Crippen LogP contribution is -2.31. The second-order valence-electron chi connectivity index (χ2n) is 6.82. The van der Waals surface area contributed by atoms with Gasteiger partial charge in [0.2, 0.25) is 0 Å². The van der Waals surface area contributed by atoms with Crippen LogP contribution in [-0.4, -0.2) is 6.54 Å². The van der Waals surface area contributed by atoms with Crippen molar-refractivity contribution in [1.82, 2.24) is 5.32 Å². The van der Waals surface area contributed by atoms with Gasteiger partial charge in [0.15, 0.2) is 0 Å². The molecule has 102 valence electrons. The lowest BCUT2D eigenvalue weighted by atomic mass is 9.82. The molecule has 1 N–H and O–H groups in total. The number of nitrogens with one attached hydrogen (secondary N) is 1. The predicted molar refractivity (Wildman–Crippen MR) is 81.0 cm³/mol. The number of hydrogen-bond acceptors (Lipinski definition) is 1. The first-order chi connectivity index (χ1) is 8.20. The fourth-order valence-electron chi connectivity index (χ4n) is 2.04. The van der Waals surface area contributed by atoms with Gasteiger partial charge in [-0.2, -0.15) is 0 Å². The minimum atomic E-state index is 0.370. The topological polar surface area (TPSA) is 12.0 Å². The highest BCUT2D eigenvalue weighted by Crippen LogP contribution is 2.25.